The van der Waals surface area contributed by atoms with Gasteiger partial charge in [-0.2, -0.15) is 0 Å². The molecular weight excluding hydrogens is 352 g/mol. The Bertz CT molecular complexity index is 900. The monoisotopic (exact) mass is 368 g/mol. The second-order valence-corrected chi connectivity index (χ2v) is 7.22. The number of hydrogen-bond acceptors (Lipinski definition) is 3. The highest BCUT2D eigenvalue weighted by molar-refractivity contribution is 7.15. The van der Waals surface area contributed by atoms with E-state index >= 15 is 0 Å². The van der Waals surface area contributed by atoms with E-state index in [1.165, 1.54) is 28.5 Å². The van der Waals surface area contributed by atoms with Gasteiger partial charge in [-0.1, -0.05) is 53.6 Å². The number of rotatable bonds is 5. The molecule has 0 aliphatic heterocycles. The van der Waals surface area contributed by atoms with Crippen LogP contribution in [0.1, 0.15) is 21.6 Å². The largest absolute Gasteiger partial charge is 0.298 e. The van der Waals surface area contributed by atoms with Crippen LogP contribution in [-0.2, 0) is 11.2 Å². The third-order valence-electron chi connectivity index (χ3n) is 3.54. The second kappa shape index (κ2) is 8.10. The van der Waals surface area contributed by atoms with Crippen molar-refractivity contribution < 1.29 is 4.79 Å². The molecule has 0 saturated heterocycles. The summed E-state index contributed by atoms with van der Waals surface area (Å²) in [4.78, 5) is 17.4. The quantitative estimate of drug-likeness (QED) is 0.617. The molecule has 0 saturated carbocycles. The van der Waals surface area contributed by atoms with Crippen molar-refractivity contribution in [3.63, 3.8) is 0 Å². The van der Waals surface area contributed by atoms with Crippen LogP contribution in [0, 0.1) is 6.92 Å². The Labute approximate surface area is 156 Å². The number of anilines is 1. The molecule has 0 atom stereocenters. The molecule has 1 N–H and O–H groups in total. The molecule has 0 radical (unpaired) electrons. The first-order chi connectivity index (χ1) is 12.1. The number of amides is 1. The highest BCUT2D eigenvalue weighted by Gasteiger charge is 2.05. The van der Waals surface area contributed by atoms with Crippen molar-refractivity contribution >= 4 is 40.1 Å². The molecule has 1 amide bonds. The number of nitrogens with zero attached hydrogens (tertiary/aromatic N) is 1. The minimum Gasteiger partial charge on any atom is -0.298 e. The van der Waals surface area contributed by atoms with Crippen molar-refractivity contribution in [3.05, 3.63) is 87.4 Å². The van der Waals surface area contributed by atoms with Gasteiger partial charge in [0.05, 0.1) is 0 Å². The van der Waals surface area contributed by atoms with Gasteiger partial charge in [-0.25, -0.2) is 4.98 Å². The van der Waals surface area contributed by atoms with Gasteiger partial charge in [0.1, 0.15) is 0 Å². The number of nitrogens with one attached hydrogen (secondary N) is 1. The Hall–Kier alpha value is -2.43. The molecule has 0 aliphatic rings. The fourth-order valence-electron chi connectivity index (χ4n) is 2.36. The number of aromatic nitrogens is 1. The van der Waals surface area contributed by atoms with Gasteiger partial charge in [-0.3, -0.25) is 10.1 Å². The summed E-state index contributed by atoms with van der Waals surface area (Å²) in [7, 11) is 0. The summed E-state index contributed by atoms with van der Waals surface area (Å²) in [6, 6.07) is 15.7. The average molecular weight is 369 g/mol. The van der Waals surface area contributed by atoms with Crippen molar-refractivity contribution in [3.8, 4) is 0 Å². The van der Waals surface area contributed by atoms with E-state index in [-0.39, 0.29) is 5.91 Å². The Morgan fingerprint density at radius 1 is 1.24 bits per heavy atom. The molecule has 3 aromatic rings. The van der Waals surface area contributed by atoms with Gasteiger partial charge in [0, 0.05) is 28.6 Å². The first-order valence-corrected chi connectivity index (χ1v) is 9.03. The smallest absolute Gasteiger partial charge is 0.250 e. The molecule has 0 unspecified atom stereocenters. The lowest BCUT2D eigenvalue weighted by atomic mass is 10.1. The van der Waals surface area contributed by atoms with E-state index in [2.05, 4.69) is 41.5 Å². The van der Waals surface area contributed by atoms with Crippen LogP contribution in [0.15, 0.2) is 60.8 Å². The van der Waals surface area contributed by atoms with Gasteiger partial charge in [0.25, 0.3) is 0 Å². The number of benzene rings is 2. The molecule has 2 aromatic carbocycles. The highest BCUT2D eigenvalue weighted by Crippen LogP contribution is 2.21. The summed E-state index contributed by atoms with van der Waals surface area (Å²) >= 11 is 7.33. The summed E-state index contributed by atoms with van der Waals surface area (Å²) in [5, 5.41) is 4.07. The summed E-state index contributed by atoms with van der Waals surface area (Å²) in [6.07, 6.45) is 5.86. The van der Waals surface area contributed by atoms with E-state index < -0.39 is 0 Å². The fourth-order valence-corrected chi connectivity index (χ4v) is 3.34. The first-order valence-electron chi connectivity index (χ1n) is 7.83. The molecule has 1 aromatic heterocycles. The zero-order chi connectivity index (χ0) is 17.6. The molecule has 0 spiro atoms. The molecule has 1 heterocycles. The SMILES string of the molecule is Cc1cccc(Cc2cnc(NC(=O)/C=C/c3ccc(Cl)cc3)s2)c1. The Morgan fingerprint density at radius 3 is 2.80 bits per heavy atom. The van der Waals surface area contributed by atoms with Crippen LogP contribution < -0.4 is 5.32 Å². The van der Waals surface area contributed by atoms with E-state index in [1.54, 1.807) is 18.2 Å². The summed E-state index contributed by atoms with van der Waals surface area (Å²) in [6.45, 7) is 2.08. The zero-order valence-electron chi connectivity index (χ0n) is 13.7. The summed E-state index contributed by atoms with van der Waals surface area (Å²) < 4.78 is 0. The van der Waals surface area contributed by atoms with Crippen LogP contribution in [0.25, 0.3) is 6.08 Å². The normalized spacial score (nSPS) is 11.0. The van der Waals surface area contributed by atoms with Gasteiger partial charge in [0.15, 0.2) is 5.13 Å². The minimum absolute atomic E-state index is 0.202. The van der Waals surface area contributed by atoms with Crippen LogP contribution >= 0.6 is 22.9 Å². The third-order valence-corrected chi connectivity index (χ3v) is 4.71. The minimum atomic E-state index is -0.202. The second-order valence-electron chi connectivity index (χ2n) is 5.67. The summed E-state index contributed by atoms with van der Waals surface area (Å²) in [5.41, 5.74) is 3.39. The van der Waals surface area contributed by atoms with Gasteiger partial charge < -0.3 is 0 Å². The zero-order valence-corrected chi connectivity index (χ0v) is 15.3. The van der Waals surface area contributed by atoms with Crippen molar-refractivity contribution in [1.82, 2.24) is 4.98 Å². The molecular formula is C20H17ClN2OS. The van der Waals surface area contributed by atoms with E-state index in [9.17, 15) is 4.79 Å². The molecule has 3 rings (SSSR count). The predicted octanol–water partition coefficient (Wildman–Crippen LogP) is 5.35. The number of carbonyl (C=O) groups excluding carboxylic acids is 1. The van der Waals surface area contributed by atoms with Gasteiger partial charge in [0.2, 0.25) is 5.91 Å². The van der Waals surface area contributed by atoms with Crippen molar-refractivity contribution in [2.24, 2.45) is 0 Å². The van der Waals surface area contributed by atoms with E-state index in [0.29, 0.717) is 10.2 Å². The molecule has 0 aliphatic carbocycles. The third kappa shape index (κ3) is 5.28. The van der Waals surface area contributed by atoms with Gasteiger partial charge in [-0.05, 0) is 36.3 Å². The van der Waals surface area contributed by atoms with Gasteiger partial charge >= 0.3 is 0 Å². The van der Waals surface area contributed by atoms with Crippen LogP contribution in [0.5, 0.6) is 0 Å². The summed E-state index contributed by atoms with van der Waals surface area (Å²) in [5.74, 6) is -0.202. The molecule has 126 valence electrons. The predicted molar refractivity (Wildman–Crippen MR) is 105 cm³/mol. The van der Waals surface area contributed by atoms with Crippen molar-refractivity contribution in [1.29, 1.82) is 0 Å². The molecule has 3 nitrogen and oxygen atoms in total. The van der Waals surface area contributed by atoms with Gasteiger partial charge in [-0.15, -0.1) is 11.3 Å². The number of halogens is 1. The first kappa shape index (κ1) is 17.4. The maximum Gasteiger partial charge on any atom is 0.250 e. The van der Waals surface area contributed by atoms with Crippen LogP contribution in [0.4, 0.5) is 5.13 Å². The Morgan fingerprint density at radius 2 is 2.04 bits per heavy atom. The fraction of sp³-hybridized carbons (Fsp3) is 0.100. The topological polar surface area (TPSA) is 42.0 Å². The number of aryl methyl sites for hydroxylation is 1. The van der Waals surface area contributed by atoms with Crippen LogP contribution in [-0.4, -0.2) is 10.9 Å². The van der Waals surface area contributed by atoms with E-state index in [4.69, 9.17) is 11.6 Å². The standard InChI is InChI=1S/C20H17ClN2OS/c1-14-3-2-4-16(11-14)12-18-13-22-20(25-18)23-19(24)10-7-15-5-8-17(21)9-6-15/h2-11,13H,12H2,1H3,(H,22,23,24)/b10-7+. The lowest BCUT2D eigenvalue weighted by Gasteiger charge is -1.99. The molecule has 0 fully saturated rings. The Balaban J connectivity index is 1.59. The molecule has 5 heteroatoms. The highest BCUT2D eigenvalue weighted by atomic mass is 35.5. The molecule has 0 bridgehead atoms. The number of carbonyl (C=O) groups is 1. The Kier molecular flexibility index (Phi) is 5.64. The lowest BCUT2D eigenvalue weighted by Crippen LogP contribution is -2.07. The maximum atomic E-state index is 12.0. The lowest BCUT2D eigenvalue weighted by molar-refractivity contribution is -0.111. The number of thiazole rings is 1. The van der Waals surface area contributed by atoms with Crippen molar-refractivity contribution in [2.75, 3.05) is 5.32 Å². The average Bonchev–Trinajstić information content (AvgIpc) is 3.01. The van der Waals surface area contributed by atoms with Crippen molar-refractivity contribution in [2.45, 2.75) is 13.3 Å². The van der Waals surface area contributed by atoms with E-state index in [1.807, 2.05) is 18.3 Å². The van der Waals surface area contributed by atoms with Crippen LogP contribution in [0.2, 0.25) is 5.02 Å². The maximum absolute atomic E-state index is 12.0. The number of hydrogen-bond donors (Lipinski definition) is 1. The van der Waals surface area contributed by atoms with Crippen LogP contribution in [0.3, 0.4) is 0 Å². The van der Waals surface area contributed by atoms with E-state index in [0.717, 1.165) is 16.9 Å². The molecule has 25 heavy (non-hydrogen) atoms.